The van der Waals surface area contributed by atoms with Crippen LogP contribution in [-0.4, -0.2) is 26.2 Å². The lowest BCUT2D eigenvalue weighted by molar-refractivity contribution is 0.182. The fraction of sp³-hybridized carbons (Fsp3) is 0.500. The Morgan fingerprint density at radius 1 is 1.44 bits per heavy atom. The Morgan fingerprint density at radius 2 is 2.11 bits per heavy atom. The van der Waals surface area contributed by atoms with Crippen LogP contribution in [0.2, 0.25) is 0 Å². The summed E-state index contributed by atoms with van der Waals surface area (Å²) < 4.78 is 26.6. The van der Waals surface area contributed by atoms with E-state index in [-0.39, 0.29) is 10.6 Å². The van der Waals surface area contributed by atoms with Crippen molar-refractivity contribution in [2.24, 2.45) is 0 Å². The molecule has 18 heavy (non-hydrogen) atoms. The first kappa shape index (κ1) is 14.9. The Balaban J connectivity index is 2.75. The van der Waals surface area contributed by atoms with Crippen molar-refractivity contribution in [2.75, 3.05) is 12.3 Å². The van der Waals surface area contributed by atoms with Gasteiger partial charge in [0.15, 0.2) is 0 Å². The van der Waals surface area contributed by atoms with E-state index in [0.717, 1.165) is 0 Å². The zero-order chi connectivity index (χ0) is 13.8. The van der Waals surface area contributed by atoms with Crippen LogP contribution in [0.15, 0.2) is 23.1 Å². The smallest absolute Gasteiger partial charge is 0.242 e. The van der Waals surface area contributed by atoms with E-state index in [2.05, 4.69) is 4.72 Å². The molecule has 0 aliphatic heterocycles. The summed E-state index contributed by atoms with van der Waals surface area (Å²) in [6, 6.07) is 5.00. The highest BCUT2D eigenvalue weighted by Crippen LogP contribution is 2.21. The number of hydrogen-bond acceptors (Lipinski definition) is 4. The van der Waals surface area contributed by atoms with E-state index in [1.165, 1.54) is 0 Å². The number of nitrogens with two attached hydrogens (primary N) is 1. The van der Waals surface area contributed by atoms with E-state index in [4.69, 9.17) is 10.8 Å². The molecule has 0 aromatic heterocycles. The molecule has 1 aromatic carbocycles. The minimum Gasteiger partial charge on any atom is -0.398 e. The van der Waals surface area contributed by atoms with Gasteiger partial charge in [0.25, 0.3) is 0 Å². The highest BCUT2D eigenvalue weighted by Gasteiger charge is 2.19. The Labute approximate surface area is 108 Å². The molecule has 0 saturated heterocycles. The van der Waals surface area contributed by atoms with Crippen molar-refractivity contribution < 1.29 is 13.5 Å². The highest BCUT2D eigenvalue weighted by atomic mass is 32.2. The molecule has 1 unspecified atom stereocenters. The average Bonchev–Trinajstić information content (AvgIpc) is 2.23. The predicted molar refractivity (Wildman–Crippen MR) is 71.7 cm³/mol. The second-order valence-electron chi connectivity index (χ2n) is 4.38. The van der Waals surface area contributed by atoms with Crippen molar-refractivity contribution in [3.63, 3.8) is 0 Å². The number of rotatable bonds is 6. The summed E-state index contributed by atoms with van der Waals surface area (Å²) >= 11 is 0. The Bertz CT molecular complexity index is 478. The van der Waals surface area contributed by atoms with Gasteiger partial charge in [0, 0.05) is 6.54 Å². The van der Waals surface area contributed by atoms with E-state index in [0.29, 0.717) is 24.9 Å². The lowest BCUT2D eigenvalue weighted by Gasteiger charge is -2.11. The third kappa shape index (κ3) is 3.97. The summed E-state index contributed by atoms with van der Waals surface area (Å²) in [6.07, 6.45) is 0.729. The maximum Gasteiger partial charge on any atom is 0.242 e. The Hall–Kier alpha value is -1.11. The fourth-order valence-corrected chi connectivity index (χ4v) is 3.15. The first-order valence-corrected chi connectivity index (χ1v) is 7.35. The van der Waals surface area contributed by atoms with Gasteiger partial charge in [-0.15, -0.1) is 0 Å². The van der Waals surface area contributed by atoms with E-state index in [9.17, 15) is 8.42 Å². The van der Waals surface area contributed by atoms with E-state index >= 15 is 0 Å². The van der Waals surface area contributed by atoms with Gasteiger partial charge in [-0.25, -0.2) is 13.1 Å². The maximum atomic E-state index is 12.1. The summed E-state index contributed by atoms with van der Waals surface area (Å²) in [7, 11) is -3.58. The molecule has 0 amide bonds. The number of anilines is 1. The molecule has 0 aliphatic rings. The third-order valence-corrected chi connectivity index (χ3v) is 4.28. The van der Waals surface area contributed by atoms with Crippen molar-refractivity contribution in [3.05, 3.63) is 23.8 Å². The zero-order valence-electron chi connectivity index (χ0n) is 10.7. The summed E-state index contributed by atoms with van der Waals surface area (Å²) in [6.45, 7) is 3.68. The molecule has 0 radical (unpaired) electrons. The van der Waals surface area contributed by atoms with E-state index < -0.39 is 16.1 Å². The van der Waals surface area contributed by atoms with Crippen LogP contribution in [-0.2, 0) is 10.0 Å². The van der Waals surface area contributed by atoms with Crippen LogP contribution >= 0.6 is 0 Å². The van der Waals surface area contributed by atoms with Gasteiger partial charge in [-0.3, -0.25) is 0 Å². The van der Waals surface area contributed by atoms with Gasteiger partial charge in [-0.1, -0.05) is 12.1 Å². The number of nitrogen functional groups attached to an aromatic ring is 1. The number of nitrogens with one attached hydrogen (secondary N) is 1. The average molecular weight is 272 g/mol. The molecule has 0 saturated carbocycles. The summed E-state index contributed by atoms with van der Waals surface area (Å²) in [5.74, 6) is 0. The molecule has 0 spiro atoms. The molecular weight excluding hydrogens is 252 g/mol. The minimum atomic E-state index is -3.58. The lowest BCUT2D eigenvalue weighted by atomic mass is 10.2. The molecule has 5 nitrogen and oxygen atoms in total. The molecule has 1 aromatic rings. The Kier molecular flexibility index (Phi) is 5.13. The van der Waals surface area contributed by atoms with Gasteiger partial charge in [-0.2, -0.15) is 0 Å². The van der Waals surface area contributed by atoms with E-state index in [1.54, 1.807) is 32.0 Å². The molecule has 4 N–H and O–H groups in total. The topological polar surface area (TPSA) is 92.4 Å². The van der Waals surface area contributed by atoms with Crippen LogP contribution in [0, 0.1) is 6.92 Å². The van der Waals surface area contributed by atoms with Gasteiger partial charge >= 0.3 is 0 Å². The molecule has 1 rings (SSSR count). The predicted octanol–water partition coefficient (Wildman–Crippen LogP) is 1.02. The molecular formula is C12H20N2O3S. The first-order chi connectivity index (χ1) is 8.34. The van der Waals surface area contributed by atoms with Gasteiger partial charge in [0.05, 0.1) is 11.8 Å². The molecule has 1 atom stereocenters. The molecule has 102 valence electrons. The third-order valence-electron chi connectivity index (χ3n) is 2.60. The maximum absolute atomic E-state index is 12.1. The van der Waals surface area contributed by atoms with Crippen molar-refractivity contribution >= 4 is 15.7 Å². The summed E-state index contributed by atoms with van der Waals surface area (Å²) in [5, 5.41) is 9.09. The van der Waals surface area contributed by atoms with Gasteiger partial charge in [0.2, 0.25) is 10.0 Å². The van der Waals surface area contributed by atoms with Crippen LogP contribution in [0.3, 0.4) is 0 Å². The standard InChI is InChI=1S/C12H20N2O3S/c1-9-5-3-7-11(13)12(9)18(16,17)14-8-4-6-10(2)15/h3,5,7,10,14-15H,4,6,8,13H2,1-2H3. The summed E-state index contributed by atoms with van der Waals surface area (Å²) in [4.78, 5) is 0.141. The second kappa shape index (κ2) is 6.17. The van der Waals surface area contributed by atoms with Crippen molar-refractivity contribution in [1.82, 2.24) is 4.72 Å². The van der Waals surface area contributed by atoms with Crippen LogP contribution in [0.1, 0.15) is 25.3 Å². The van der Waals surface area contributed by atoms with E-state index in [1.807, 2.05) is 0 Å². The van der Waals surface area contributed by atoms with Gasteiger partial charge in [0.1, 0.15) is 4.90 Å². The van der Waals surface area contributed by atoms with Crippen molar-refractivity contribution in [1.29, 1.82) is 0 Å². The molecule has 6 heteroatoms. The normalized spacial score (nSPS) is 13.5. The van der Waals surface area contributed by atoms with Crippen LogP contribution < -0.4 is 10.5 Å². The SMILES string of the molecule is Cc1cccc(N)c1S(=O)(=O)NCCCC(C)O. The number of aliphatic hydroxyl groups is 1. The highest BCUT2D eigenvalue weighted by molar-refractivity contribution is 7.89. The van der Waals surface area contributed by atoms with Gasteiger partial charge < -0.3 is 10.8 Å². The van der Waals surface area contributed by atoms with Crippen LogP contribution in [0.5, 0.6) is 0 Å². The largest absolute Gasteiger partial charge is 0.398 e. The van der Waals surface area contributed by atoms with Crippen LogP contribution in [0.25, 0.3) is 0 Å². The van der Waals surface area contributed by atoms with Crippen molar-refractivity contribution in [3.8, 4) is 0 Å². The number of aryl methyl sites for hydroxylation is 1. The number of hydrogen-bond donors (Lipinski definition) is 3. The minimum absolute atomic E-state index is 0.141. The van der Waals surface area contributed by atoms with Gasteiger partial charge in [-0.05, 0) is 38.3 Å². The van der Waals surface area contributed by atoms with Crippen LogP contribution in [0.4, 0.5) is 5.69 Å². The Morgan fingerprint density at radius 3 is 2.67 bits per heavy atom. The molecule has 0 heterocycles. The quantitative estimate of drug-likeness (QED) is 0.532. The molecule has 0 aliphatic carbocycles. The summed E-state index contributed by atoms with van der Waals surface area (Å²) in [5.41, 5.74) is 6.57. The number of sulfonamides is 1. The zero-order valence-corrected chi connectivity index (χ0v) is 11.5. The molecule has 0 fully saturated rings. The fourth-order valence-electron chi connectivity index (χ4n) is 1.72. The lowest BCUT2D eigenvalue weighted by Crippen LogP contribution is -2.26. The second-order valence-corrected chi connectivity index (χ2v) is 6.09. The number of benzene rings is 1. The van der Waals surface area contributed by atoms with Crippen molar-refractivity contribution in [2.45, 2.75) is 37.7 Å². The first-order valence-electron chi connectivity index (χ1n) is 5.87. The monoisotopic (exact) mass is 272 g/mol. The molecule has 0 bridgehead atoms. The number of aliphatic hydroxyl groups excluding tert-OH is 1.